The van der Waals surface area contributed by atoms with E-state index >= 15 is 0 Å². The van der Waals surface area contributed by atoms with Crippen molar-refractivity contribution in [2.24, 2.45) is 0 Å². The van der Waals surface area contributed by atoms with E-state index in [4.69, 9.17) is 24.4 Å². The molecule has 0 spiro atoms. The second kappa shape index (κ2) is 12.2. The summed E-state index contributed by atoms with van der Waals surface area (Å²) in [5.74, 6) is -1.56. The van der Waals surface area contributed by atoms with Gasteiger partial charge in [0, 0.05) is 6.42 Å². The number of esters is 1. The summed E-state index contributed by atoms with van der Waals surface area (Å²) in [6.07, 6.45) is 2.25. The van der Waals surface area contributed by atoms with Gasteiger partial charge in [0.2, 0.25) is 0 Å². The topological polar surface area (TPSA) is 119 Å². The van der Waals surface area contributed by atoms with Gasteiger partial charge in [-0.1, -0.05) is 19.8 Å². The fourth-order valence-corrected chi connectivity index (χ4v) is 2.65. The van der Waals surface area contributed by atoms with Crippen LogP contribution >= 0.6 is 0 Å². The highest BCUT2D eigenvalue weighted by Gasteiger charge is 2.17. The highest BCUT2D eigenvalue weighted by Crippen LogP contribution is 2.16. The fourth-order valence-electron chi connectivity index (χ4n) is 2.65. The standard InChI is InChI=1S/C23H26O8/c1-2-3-4-5-21(24)31-20(14-29-18-10-6-16(7-11-18)22(25)26)15-30-19-12-8-17(9-13-19)23(27)28/h6-13,20H,2-5,14-15H2,1H3,(H,25,26)(H,27,28). The predicted octanol–water partition coefficient (Wildman–Crippen LogP) is 4.03. The van der Waals surface area contributed by atoms with Gasteiger partial charge in [0.25, 0.3) is 0 Å². The van der Waals surface area contributed by atoms with E-state index in [9.17, 15) is 14.4 Å². The Balaban J connectivity index is 1.96. The maximum absolute atomic E-state index is 12.1. The second-order valence-corrected chi connectivity index (χ2v) is 6.85. The van der Waals surface area contributed by atoms with Gasteiger partial charge in [-0.2, -0.15) is 0 Å². The Morgan fingerprint density at radius 3 is 1.61 bits per heavy atom. The molecule has 0 saturated heterocycles. The summed E-state index contributed by atoms with van der Waals surface area (Å²) >= 11 is 0. The first-order valence-corrected chi connectivity index (χ1v) is 10.0. The van der Waals surface area contributed by atoms with Gasteiger partial charge in [-0.25, -0.2) is 9.59 Å². The number of unbranched alkanes of at least 4 members (excludes halogenated alkanes) is 2. The van der Waals surface area contributed by atoms with Crippen LogP contribution in [0.5, 0.6) is 11.5 Å². The van der Waals surface area contributed by atoms with Crippen LogP contribution in [0.2, 0.25) is 0 Å². The average molecular weight is 430 g/mol. The lowest BCUT2D eigenvalue weighted by molar-refractivity contribution is -0.152. The Bertz CT molecular complexity index is 797. The third-order valence-corrected chi connectivity index (χ3v) is 4.36. The van der Waals surface area contributed by atoms with Crippen LogP contribution in [-0.4, -0.2) is 47.4 Å². The number of ether oxygens (including phenoxy) is 3. The quantitative estimate of drug-likeness (QED) is 0.361. The van der Waals surface area contributed by atoms with Crippen molar-refractivity contribution >= 4 is 17.9 Å². The summed E-state index contributed by atoms with van der Waals surface area (Å²) < 4.78 is 16.8. The first kappa shape index (κ1) is 23.7. The Labute approximate surface area is 180 Å². The minimum Gasteiger partial charge on any atom is -0.490 e. The summed E-state index contributed by atoms with van der Waals surface area (Å²) in [4.78, 5) is 34.0. The molecule has 0 unspecified atom stereocenters. The van der Waals surface area contributed by atoms with Crippen molar-refractivity contribution in [3.8, 4) is 11.5 Å². The Kier molecular flexibility index (Phi) is 9.35. The molecule has 8 heteroatoms. The van der Waals surface area contributed by atoms with Gasteiger partial charge in [-0.15, -0.1) is 0 Å². The third kappa shape index (κ3) is 8.38. The second-order valence-electron chi connectivity index (χ2n) is 6.85. The number of hydrogen-bond acceptors (Lipinski definition) is 6. The molecular formula is C23H26O8. The molecule has 0 aliphatic heterocycles. The van der Waals surface area contributed by atoms with Crippen LogP contribution in [0.25, 0.3) is 0 Å². The minimum absolute atomic E-state index is 0.0130. The maximum Gasteiger partial charge on any atom is 0.335 e. The molecule has 31 heavy (non-hydrogen) atoms. The Hall–Kier alpha value is -3.55. The van der Waals surface area contributed by atoms with Crippen LogP contribution in [-0.2, 0) is 9.53 Å². The highest BCUT2D eigenvalue weighted by atomic mass is 16.6. The van der Waals surface area contributed by atoms with Crippen molar-refractivity contribution in [1.29, 1.82) is 0 Å². The molecule has 0 aromatic heterocycles. The van der Waals surface area contributed by atoms with E-state index in [0.717, 1.165) is 19.3 Å². The van der Waals surface area contributed by atoms with E-state index < -0.39 is 18.0 Å². The number of aromatic carboxylic acids is 2. The molecule has 0 radical (unpaired) electrons. The lowest BCUT2D eigenvalue weighted by atomic mass is 10.2. The molecule has 2 aromatic carbocycles. The van der Waals surface area contributed by atoms with Crippen LogP contribution < -0.4 is 9.47 Å². The van der Waals surface area contributed by atoms with Crippen molar-refractivity contribution < 1.29 is 38.8 Å². The summed E-state index contributed by atoms with van der Waals surface area (Å²) in [5, 5.41) is 17.9. The van der Waals surface area contributed by atoms with Gasteiger partial charge in [-0.05, 0) is 55.0 Å². The molecule has 0 bridgehead atoms. The zero-order chi connectivity index (χ0) is 22.6. The van der Waals surface area contributed by atoms with Gasteiger partial charge in [0.05, 0.1) is 11.1 Å². The smallest absolute Gasteiger partial charge is 0.335 e. The van der Waals surface area contributed by atoms with E-state index in [1.807, 2.05) is 6.92 Å². The average Bonchev–Trinajstić information content (AvgIpc) is 2.76. The molecule has 0 fully saturated rings. The maximum atomic E-state index is 12.1. The lowest BCUT2D eigenvalue weighted by Crippen LogP contribution is -2.31. The van der Waals surface area contributed by atoms with Crippen molar-refractivity contribution in [1.82, 2.24) is 0 Å². The number of carboxylic acids is 2. The number of carboxylic acid groups (broad SMARTS) is 2. The molecule has 2 rings (SSSR count). The SMILES string of the molecule is CCCCCC(=O)OC(COc1ccc(C(=O)O)cc1)COc1ccc(C(=O)O)cc1. The van der Waals surface area contributed by atoms with Gasteiger partial charge >= 0.3 is 17.9 Å². The number of carbonyl (C=O) groups is 3. The Morgan fingerprint density at radius 2 is 1.23 bits per heavy atom. The van der Waals surface area contributed by atoms with Crippen LogP contribution in [0.1, 0.15) is 53.3 Å². The third-order valence-electron chi connectivity index (χ3n) is 4.36. The molecule has 0 heterocycles. The molecule has 2 N–H and O–H groups in total. The van der Waals surface area contributed by atoms with Crippen molar-refractivity contribution in [3.05, 3.63) is 59.7 Å². The number of rotatable bonds is 13. The van der Waals surface area contributed by atoms with Crippen molar-refractivity contribution in [2.75, 3.05) is 13.2 Å². The molecular weight excluding hydrogens is 404 g/mol. The van der Waals surface area contributed by atoms with E-state index in [2.05, 4.69) is 0 Å². The van der Waals surface area contributed by atoms with E-state index in [-0.39, 0.29) is 30.3 Å². The largest absolute Gasteiger partial charge is 0.490 e. The molecule has 0 atom stereocenters. The minimum atomic E-state index is -1.03. The van der Waals surface area contributed by atoms with E-state index in [1.54, 1.807) is 0 Å². The number of benzene rings is 2. The summed E-state index contributed by atoms with van der Waals surface area (Å²) in [6.45, 7) is 2.07. The van der Waals surface area contributed by atoms with Gasteiger partial charge < -0.3 is 24.4 Å². The molecule has 0 aliphatic rings. The first-order chi connectivity index (χ1) is 14.9. The lowest BCUT2D eigenvalue weighted by Gasteiger charge is -2.19. The summed E-state index contributed by atoms with van der Waals surface area (Å²) in [7, 11) is 0. The van der Waals surface area contributed by atoms with Crippen LogP contribution in [0.3, 0.4) is 0 Å². The molecule has 0 aliphatic carbocycles. The Morgan fingerprint density at radius 1 is 0.774 bits per heavy atom. The van der Waals surface area contributed by atoms with Crippen molar-refractivity contribution in [3.63, 3.8) is 0 Å². The first-order valence-electron chi connectivity index (χ1n) is 10.0. The molecule has 0 saturated carbocycles. The molecule has 8 nitrogen and oxygen atoms in total. The monoisotopic (exact) mass is 430 g/mol. The van der Waals surface area contributed by atoms with Gasteiger partial charge in [-0.3, -0.25) is 4.79 Å². The molecule has 2 aromatic rings. The van der Waals surface area contributed by atoms with Crippen LogP contribution in [0.4, 0.5) is 0 Å². The summed E-state index contributed by atoms with van der Waals surface area (Å²) in [6, 6.07) is 11.8. The zero-order valence-corrected chi connectivity index (χ0v) is 17.3. The van der Waals surface area contributed by atoms with Gasteiger partial charge in [0.1, 0.15) is 24.7 Å². The van der Waals surface area contributed by atoms with E-state index in [1.165, 1.54) is 48.5 Å². The number of carbonyl (C=O) groups excluding carboxylic acids is 1. The zero-order valence-electron chi connectivity index (χ0n) is 17.3. The van der Waals surface area contributed by atoms with Crippen LogP contribution in [0, 0.1) is 0 Å². The van der Waals surface area contributed by atoms with Crippen molar-refractivity contribution in [2.45, 2.75) is 38.7 Å². The van der Waals surface area contributed by atoms with Crippen LogP contribution in [0.15, 0.2) is 48.5 Å². The highest BCUT2D eigenvalue weighted by molar-refractivity contribution is 5.88. The normalized spacial score (nSPS) is 10.5. The van der Waals surface area contributed by atoms with Gasteiger partial charge in [0.15, 0.2) is 6.10 Å². The van der Waals surface area contributed by atoms with E-state index in [0.29, 0.717) is 17.9 Å². The fraction of sp³-hybridized carbons (Fsp3) is 0.348. The number of hydrogen-bond donors (Lipinski definition) is 2. The molecule has 166 valence electrons. The predicted molar refractivity (Wildman–Crippen MR) is 112 cm³/mol. The molecule has 0 amide bonds. The summed E-state index contributed by atoms with van der Waals surface area (Å²) in [5.41, 5.74) is 0.277.